The van der Waals surface area contributed by atoms with Crippen molar-refractivity contribution in [2.24, 2.45) is 0 Å². The van der Waals surface area contributed by atoms with Gasteiger partial charge in [0.05, 0.1) is 31.1 Å². The van der Waals surface area contributed by atoms with Crippen molar-refractivity contribution in [3.8, 4) is 5.75 Å². The summed E-state index contributed by atoms with van der Waals surface area (Å²) in [5.74, 6) is -1.30. The maximum absolute atomic E-state index is 12.9. The Morgan fingerprint density at radius 2 is 1.78 bits per heavy atom. The first-order chi connectivity index (χ1) is 17.7. The minimum absolute atomic E-state index is 0.0811. The minimum atomic E-state index is -0.583. The molecule has 10 heteroatoms. The molecule has 0 saturated heterocycles. The van der Waals surface area contributed by atoms with E-state index in [-0.39, 0.29) is 30.4 Å². The van der Waals surface area contributed by atoms with Gasteiger partial charge in [0.15, 0.2) is 0 Å². The van der Waals surface area contributed by atoms with Crippen LogP contribution in [0.25, 0.3) is 11.6 Å². The average molecular weight is 511 g/mol. The van der Waals surface area contributed by atoms with Gasteiger partial charge in [-0.05, 0) is 56.8 Å². The average Bonchev–Trinajstić information content (AvgIpc) is 3.34. The van der Waals surface area contributed by atoms with Gasteiger partial charge in [-0.2, -0.15) is 0 Å². The molecule has 3 rings (SSSR count). The summed E-state index contributed by atoms with van der Waals surface area (Å²) in [6.07, 6.45) is 1.49. The first kappa shape index (κ1) is 27.7. The van der Waals surface area contributed by atoms with E-state index >= 15 is 0 Å². The molecule has 0 unspecified atom stereocenters. The van der Waals surface area contributed by atoms with Crippen LogP contribution < -0.4 is 15.4 Å². The number of hydrogen-bond donors (Lipinski definition) is 3. The Kier molecular flexibility index (Phi) is 9.24. The predicted octanol–water partition coefficient (Wildman–Crippen LogP) is 3.05. The zero-order valence-corrected chi connectivity index (χ0v) is 21.9. The second-order valence-electron chi connectivity index (χ2n) is 8.72. The molecule has 2 aromatic rings. The molecule has 2 heterocycles. The highest BCUT2D eigenvalue weighted by molar-refractivity contribution is 6.35. The predicted molar refractivity (Wildman–Crippen MR) is 140 cm³/mol. The van der Waals surface area contributed by atoms with Crippen molar-refractivity contribution in [3.63, 3.8) is 0 Å². The molecule has 198 valence electrons. The minimum Gasteiger partial charge on any atom is -0.469 e. The van der Waals surface area contributed by atoms with Gasteiger partial charge in [0.25, 0.3) is 11.8 Å². The fourth-order valence-corrected chi connectivity index (χ4v) is 4.22. The first-order valence-electron chi connectivity index (χ1n) is 12.3. The summed E-state index contributed by atoms with van der Waals surface area (Å²) >= 11 is 0. The van der Waals surface area contributed by atoms with Crippen molar-refractivity contribution < 1.29 is 28.7 Å². The summed E-state index contributed by atoms with van der Waals surface area (Å²) in [4.78, 5) is 54.4. The number of rotatable bonds is 11. The summed E-state index contributed by atoms with van der Waals surface area (Å²) < 4.78 is 9.88. The van der Waals surface area contributed by atoms with Crippen LogP contribution >= 0.6 is 0 Å². The molecule has 0 fully saturated rings. The lowest BCUT2D eigenvalue weighted by Crippen LogP contribution is -2.35. The molecule has 0 radical (unpaired) electrons. The van der Waals surface area contributed by atoms with Gasteiger partial charge in [0, 0.05) is 35.7 Å². The van der Waals surface area contributed by atoms with Crippen molar-refractivity contribution in [2.45, 2.75) is 40.5 Å². The number of aryl methyl sites for hydroxylation is 1. The highest BCUT2D eigenvalue weighted by Crippen LogP contribution is 2.36. The van der Waals surface area contributed by atoms with Gasteiger partial charge in [-0.25, -0.2) is 0 Å². The van der Waals surface area contributed by atoms with Gasteiger partial charge < -0.3 is 30.0 Å². The number of carbonyl (C=O) groups excluding carboxylic acids is 4. The van der Waals surface area contributed by atoms with Gasteiger partial charge >= 0.3 is 11.9 Å². The SMILES string of the molecule is CCN(CC)CCNC(=O)c1c(C)[nH]c(/C=C2\C(=O)Nc3ccc(OC(=O)CCC(=O)OC)cc32)c1C. The second kappa shape index (κ2) is 12.4. The van der Waals surface area contributed by atoms with Crippen LogP contribution in [0.5, 0.6) is 5.75 Å². The van der Waals surface area contributed by atoms with Gasteiger partial charge in [0.2, 0.25) is 0 Å². The van der Waals surface area contributed by atoms with Crippen molar-refractivity contribution in [3.05, 3.63) is 46.3 Å². The molecule has 1 aliphatic heterocycles. The zero-order valence-electron chi connectivity index (χ0n) is 21.9. The summed E-state index contributed by atoms with van der Waals surface area (Å²) in [6, 6.07) is 4.82. The maximum Gasteiger partial charge on any atom is 0.311 e. The molecule has 0 bridgehead atoms. The normalized spacial score (nSPS) is 13.5. The fraction of sp³-hybridized carbons (Fsp3) is 0.407. The lowest BCUT2D eigenvalue weighted by molar-refractivity contribution is -0.144. The van der Waals surface area contributed by atoms with Crippen LogP contribution in [-0.2, 0) is 19.1 Å². The smallest absolute Gasteiger partial charge is 0.311 e. The third kappa shape index (κ3) is 6.65. The topological polar surface area (TPSA) is 130 Å². The van der Waals surface area contributed by atoms with Crippen LogP contribution in [0.4, 0.5) is 5.69 Å². The molecule has 2 amide bonds. The molecule has 0 spiro atoms. The van der Waals surface area contributed by atoms with E-state index in [0.717, 1.165) is 25.2 Å². The molecular formula is C27H34N4O6. The van der Waals surface area contributed by atoms with Crippen molar-refractivity contribution >= 4 is 41.1 Å². The number of benzene rings is 1. The molecular weight excluding hydrogens is 476 g/mol. The maximum atomic E-state index is 12.9. The number of ether oxygens (including phenoxy) is 2. The Bertz CT molecular complexity index is 1230. The van der Waals surface area contributed by atoms with Crippen LogP contribution in [0, 0.1) is 13.8 Å². The molecule has 10 nitrogen and oxygen atoms in total. The third-order valence-corrected chi connectivity index (χ3v) is 6.37. The monoisotopic (exact) mass is 510 g/mol. The molecule has 0 saturated carbocycles. The number of likely N-dealkylation sites (N-methyl/N-ethyl adjacent to an activating group) is 1. The van der Waals surface area contributed by atoms with Crippen molar-refractivity contribution in [1.82, 2.24) is 15.2 Å². The summed E-state index contributed by atoms with van der Waals surface area (Å²) in [7, 11) is 1.25. The molecule has 3 N–H and O–H groups in total. The van der Waals surface area contributed by atoms with E-state index in [1.54, 1.807) is 24.3 Å². The van der Waals surface area contributed by atoms with Crippen LogP contribution in [0.2, 0.25) is 0 Å². The van der Waals surface area contributed by atoms with E-state index in [4.69, 9.17) is 4.74 Å². The summed E-state index contributed by atoms with van der Waals surface area (Å²) in [6.45, 7) is 11.0. The van der Waals surface area contributed by atoms with Crippen LogP contribution in [0.1, 0.15) is 59.6 Å². The molecule has 37 heavy (non-hydrogen) atoms. The van der Waals surface area contributed by atoms with E-state index in [9.17, 15) is 19.2 Å². The third-order valence-electron chi connectivity index (χ3n) is 6.37. The Balaban J connectivity index is 1.79. The Labute approximate surface area is 216 Å². The second-order valence-corrected chi connectivity index (χ2v) is 8.72. The zero-order chi connectivity index (χ0) is 27.1. The van der Waals surface area contributed by atoms with Crippen LogP contribution in [0.3, 0.4) is 0 Å². The number of aromatic amines is 1. The first-order valence-corrected chi connectivity index (χ1v) is 12.3. The van der Waals surface area contributed by atoms with Crippen LogP contribution in [0.15, 0.2) is 18.2 Å². The fourth-order valence-electron chi connectivity index (χ4n) is 4.22. The number of amides is 2. The van der Waals surface area contributed by atoms with Gasteiger partial charge in [0.1, 0.15) is 5.75 Å². The number of methoxy groups -OCH3 is 1. The van der Waals surface area contributed by atoms with E-state index in [1.165, 1.54) is 7.11 Å². The summed E-state index contributed by atoms with van der Waals surface area (Å²) in [5.41, 5.74) is 4.16. The highest BCUT2D eigenvalue weighted by atomic mass is 16.5. The van der Waals surface area contributed by atoms with E-state index < -0.39 is 11.9 Å². The number of H-pyrrole nitrogens is 1. The summed E-state index contributed by atoms with van der Waals surface area (Å²) in [5, 5.41) is 5.78. The number of anilines is 1. The molecule has 1 aromatic heterocycles. The number of hydrogen-bond acceptors (Lipinski definition) is 7. The van der Waals surface area contributed by atoms with Crippen molar-refractivity contribution in [2.75, 3.05) is 38.6 Å². The Hall–Kier alpha value is -3.92. The van der Waals surface area contributed by atoms with Gasteiger partial charge in [-0.3, -0.25) is 19.2 Å². The Morgan fingerprint density at radius 1 is 1.08 bits per heavy atom. The number of esters is 2. The Morgan fingerprint density at radius 3 is 2.46 bits per heavy atom. The van der Waals surface area contributed by atoms with E-state index in [2.05, 4.69) is 39.1 Å². The van der Waals surface area contributed by atoms with Crippen LogP contribution in [-0.4, -0.2) is 66.9 Å². The van der Waals surface area contributed by atoms with Gasteiger partial charge in [-0.15, -0.1) is 0 Å². The lowest BCUT2D eigenvalue weighted by atomic mass is 10.0. The molecule has 0 aliphatic carbocycles. The highest BCUT2D eigenvalue weighted by Gasteiger charge is 2.26. The number of aromatic nitrogens is 1. The number of nitrogens with one attached hydrogen (secondary N) is 3. The molecule has 1 aromatic carbocycles. The number of fused-ring (bicyclic) bond motifs is 1. The largest absolute Gasteiger partial charge is 0.469 e. The van der Waals surface area contributed by atoms with Gasteiger partial charge in [-0.1, -0.05) is 13.8 Å². The van der Waals surface area contributed by atoms with Crippen molar-refractivity contribution in [1.29, 1.82) is 0 Å². The number of carbonyl (C=O) groups is 4. The molecule has 0 atom stereocenters. The standard InChI is InChI=1S/C27H34N4O6/c1-6-31(7-2)13-12-28-27(35)25-16(3)22(29-17(25)4)15-20-19-14-18(8-9-21(19)30-26(20)34)37-24(33)11-10-23(32)36-5/h8-9,14-15,29H,6-7,10-13H2,1-5H3,(H,28,35)(H,30,34)/b20-15-. The number of nitrogens with zero attached hydrogens (tertiary/aromatic N) is 1. The van der Waals surface area contributed by atoms with E-state index in [1.807, 2.05) is 13.8 Å². The van der Waals surface area contributed by atoms with E-state index in [0.29, 0.717) is 40.3 Å². The molecule has 1 aliphatic rings. The lowest BCUT2D eigenvalue weighted by Gasteiger charge is -2.18. The quantitative estimate of drug-likeness (QED) is 0.241.